The molecule has 0 bridgehead atoms. The van der Waals surface area contributed by atoms with Gasteiger partial charge in [-0.15, -0.1) is 0 Å². The molecule has 2 unspecified atom stereocenters. The Labute approximate surface area is 127 Å². The van der Waals surface area contributed by atoms with Gasteiger partial charge in [-0.25, -0.2) is 0 Å². The fraction of sp³-hybridized carbons (Fsp3) is 0.588. The Morgan fingerprint density at radius 1 is 1.43 bits per heavy atom. The van der Waals surface area contributed by atoms with Crippen molar-refractivity contribution in [2.75, 3.05) is 26.2 Å². The summed E-state index contributed by atoms with van der Waals surface area (Å²) in [5.41, 5.74) is 1.25. The highest BCUT2D eigenvalue weighted by atomic mass is 16.5. The molecular formula is C17H25N3O. The second kappa shape index (κ2) is 8.02. The zero-order valence-corrected chi connectivity index (χ0v) is 13.0. The highest BCUT2D eigenvalue weighted by Gasteiger charge is 2.22. The van der Waals surface area contributed by atoms with Crippen LogP contribution in [0.2, 0.25) is 0 Å². The summed E-state index contributed by atoms with van der Waals surface area (Å²) < 4.78 is 5.27. The average molecular weight is 287 g/mol. The van der Waals surface area contributed by atoms with Crippen LogP contribution in [0.25, 0.3) is 0 Å². The van der Waals surface area contributed by atoms with E-state index in [1.807, 2.05) is 18.2 Å². The van der Waals surface area contributed by atoms with Crippen LogP contribution in [0.15, 0.2) is 24.3 Å². The fourth-order valence-corrected chi connectivity index (χ4v) is 2.94. The van der Waals surface area contributed by atoms with Crippen molar-refractivity contribution >= 4 is 0 Å². The number of likely N-dealkylation sites (N-methyl/N-ethyl adjacent to an activating group) is 1. The van der Waals surface area contributed by atoms with Crippen LogP contribution < -0.4 is 10.1 Å². The van der Waals surface area contributed by atoms with Gasteiger partial charge in [0.05, 0.1) is 0 Å². The molecule has 2 rings (SSSR count). The van der Waals surface area contributed by atoms with Gasteiger partial charge in [-0.3, -0.25) is 4.90 Å². The number of rotatable bonds is 7. The summed E-state index contributed by atoms with van der Waals surface area (Å²) in [6, 6.07) is 11.0. The number of nitrogens with one attached hydrogen (secondary N) is 1. The lowest BCUT2D eigenvalue weighted by Crippen LogP contribution is -2.38. The highest BCUT2D eigenvalue weighted by Crippen LogP contribution is 2.20. The van der Waals surface area contributed by atoms with Crippen LogP contribution in [0.5, 0.6) is 5.75 Å². The SMILES string of the molecule is CCN1CCCC1CNC(C)c1ccc(OCC#N)cc1. The Morgan fingerprint density at radius 2 is 2.19 bits per heavy atom. The van der Waals surface area contributed by atoms with E-state index >= 15 is 0 Å². The van der Waals surface area contributed by atoms with Gasteiger partial charge in [0.15, 0.2) is 6.61 Å². The van der Waals surface area contributed by atoms with Gasteiger partial charge in [0.2, 0.25) is 0 Å². The van der Waals surface area contributed by atoms with Crippen LogP contribution in [0.1, 0.15) is 38.3 Å². The minimum atomic E-state index is 0.0989. The maximum atomic E-state index is 8.50. The maximum Gasteiger partial charge on any atom is 0.174 e. The van der Waals surface area contributed by atoms with Crippen molar-refractivity contribution in [2.24, 2.45) is 0 Å². The van der Waals surface area contributed by atoms with Crippen LogP contribution >= 0.6 is 0 Å². The molecule has 4 nitrogen and oxygen atoms in total. The molecule has 0 amide bonds. The van der Waals surface area contributed by atoms with Crippen LogP contribution in [0.3, 0.4) is 0 Å². The van der Waals surface area contributed by atoms with Crippen LogP contribution in [0, 0.1) is 11.3 Å². The van der Waals surface area contributed by atoms with Gasteiger partial charge in [0.25, 0.3) is 0 Å². The van der Waals surface area contributed by atoms with E-state index in [0.29, 0.717) is 12.1 Å². The van der Waals surface area contributed by atoms with Gasteiger partial charge < -0.3 is 10.1 Å². The minimum absolute atomic E-state index is 0.0989. The van der Waals surface area contributed by atoms with Crippen molar-refractivity contribution in [3.8, 4) is 11.8 Å². The number of nitrogens with zero attached hydrogens (tertiary/aromatic N) is 2. The summed E-state index contributed by atoms with van der Waals surface area (Å²) in [7, 11) is 0. The van der Waals surface area contributed by atoms with Crippen molar-refractivity contribution in [2.45, 2.75) is 38.8 Å². The van der Waals surface area contributed by atoms with Gasteiger partial charge in [-0.1, -0.05) is 19.1 Å². The number of nitriles is 1. The van der Waals surface area contributed by atoms with E-state index in [1.54, 1.807) is 0 Å². The largest absolute Gasteiger partial charge is 0.479 e. The molecule has 0 saturated carbocycles. The third-order valence-corrected chi connectivity index (χ3v) is 4.25. The Balaban J connectivity index is 1.82. The molecule has 0 aliphatic carbocycles. The lowest BCUT2D eigenvalue weighted by atomic mass is 10.1. The summed E-state index contributed by atoms with van der Waals surface area (Å²) in [6.45, 7) is 7.95. The van der Waals surface area contributed by atoms with Crippen LogP contribution in [-0.2, 0) is 0 Å². The Kier molecular flexibility index (Phi) is 6.04. The number of benzene rings is 1. The molecule has 0 spiro atoms. The van der Waals surface area contributed by atoms with Crippen LogP contribution in [-0.4, -0.2) is 37.2 Å². The quantitative estimate of drug-likeness (QED) is 0.837. The predicted molar refractivity (Wildman–Crippen MR) is 84.2 cm³/mol. The number of hydrogen-bond acceptors (Lipinski definition) is 4. The zero-order valence-electron chi connectivity index (χ0n) is 13.0. The average Bonchev–Trinajstić information content (AvgIpc) is 2.98. The van der Waals surface area contributed by atoms with E-state index in [9.17, 15) is 0 Å². The molecule has 4 heteroatoms. The summed E-state index contributed by atoms with van der Waals surface area (Å²) in [5, 5.41) is 12.1. The monoisotopic (exact) mass is 287 g/mol. The fourth-order valence-electron chi connectivity index (χ4n) is 2.94. The summed E-state index contributed by atoms with van der Waals surface area (Å²) in [4.78, 5) is 2.55. The molecule has 1 aromatic rings. The molecule has 1 heterocycles. The van der Waals surface area contributed by atoms with E-state index in [-0.39, 0.29) is 6.61 Å². The first kappa shape index (κ1) is 15.8. The summed E-state index contributed by atoms with van der Waals surface area (Å²) in [6.07, 6.45) is 2.62. The van der Waals surface area contributed by atoms with E-state index < -0.39 is 0 Å². The van der Waals surface area contributed by atoms with Gasteiger partial charge in [0.1, 0.15) is 11.8 Å². The second-order valence-electron chi connectivity index (χ2n) is 5.57. The molecule has 1 aromatic carbocycles. The number of ether oxygens (including phenoxy) is 1. The van der Waals surface area contributed by atoms with Crippen molar-refractivity contribution in [3.63, 3.8) is 0 Å². The molecule has 1 fully saturated rings. The van der Waals surface area contributed by atoms with Gasteiger partial charge in [-0.2, -0.15) is 5.26 Å². The Hall–Kier alpha value is -1.57. The first-order valence-electron chi connectivity index (χ1n) is 7.81. The molecule has 0 radical (unpaired) electrons. The summed E-state index contributed by atoms with van der Waals surface area (Å²) in [5.74, 6) is 0.750. The molecule has 114 valence electrons. The molecule has 1 aliphatic rings. The van der Waals surface area contributed by atoms with E-state index in [1.165, 1.54) is 24.9 Å². The summed E-state index contributed by atoms with van der Waals surface area (Å²) >= 11 is 0. The molecule has 1 aliphatic heterocycles. The van der Waals surface area contributed by atoms with Crippen LogP contribution in [0.4, 0.5) is 0 Å². The first-order valence-corrected chi connectivity index (χ1v) is 7.81. The molecule has 1 saturated heterocycles. The molecule has 2 atom stereocenters. The molecule has 21 heavy (non-hydrogen) atoms. The van der Waals surface area contributed by atoms with Gasteiger partial charge in [0, 0.05) is 18.6 Å². The third-order valence-electron chi connectivity index (χ3n) is 4.25. The maximum absolute atomic E-state index is 8.50. The lowest BCUT2D eigenvalue weighted by molar-refractivity contribution is 0.255. The van der Waals surface area contributed by atoms with Crippen molar-refractivity contribution in [1.82, 2.24) is 10.2 Å². The van der Waals surface area contributed by atoms with Crippen molar-refractivity contribution < 1.29 is 4.74 Å². The topological polar surface area (TPSA) is 48.3 Å². The lowest BCUT2D eigenvalue weighted by Gasteiger charge is -2.25. The zero-order chi connectivity index (χ0) is 15.1. The second-order valence-corrected chi connectivity index (χ2v) is 5.57. The standard InChI is InChI=1S/C17H25N3O/c1-3-20-11-4-5-16(20)13-19-14(2)15-6-8-17(9-7-15)21-12-10-18/h6-9,14,16,19H,3-5,11-13H2,1-2H3. The highest BCUT2D eigenvalue weighted by molar-refractivity contribution is 5.29. The van der Waals surface area contributed by atoms with Gasteiger partial charge >= 0.3 is 0 Å². The third kappa shape index (κ3) is 4.45. The first-order chi connectivity index (χ1) is 10.2. The Morgan fingerprint density at radius 3 is 2.86 bits per heavy atom. The molecule has 0 aromatic heterocycles. The van der Waals surface area contributed by atoms with E-state index in [0.717, 1.165) is 18.8 Å². The predicted octanol–water partition coefficient (Wildman–Crippen LogP) is 2.72. The Bertz CT molecular complexity index is 466. The minimum Gasteiger partial charge on any atom is -0.479 e. The number of likely N-dealkylation sites (tertiary alicyclic amines) is 1. The van der Waals surface area contributed by atoms with E-state index in [4.69, 9.17) is 10.00 Å². The smallest absolute Gasteiger partial charge is 0.174 e. The molecular weight excluding hydrogens is 262 g/mol. The normalized spacial score (nSPS) is 20.1. The van der Waals surface area contributed by atoms with Crippen molar-refractivity contribution in [1.29, 1.82) is 5.26 Å². The van der Waals surface area contributed by atoms with E-state index in [2.05, 4.69) is 36.2 Å². The van der Waals surface area contributed by atoms with Gasteiger partial charge in [-0.05, 0) is 50.6 Å². The van der Waals surface area contributed by atoms with Crippen molar-refractivity contribution in [3.05, 3.63) is 29.8 Å². The number of hydrogen-bond donors (Lipinski definition) is 1. The molecule has 1 N–H and O–H groups in total.